The molecule has 0 atom stereocenters. The number of pyridine rings is 1. The van der Waals surface area contributed by atoms with E-state index in [4.69, 9.17) is 49.7 Å². The second kappa shape index (κ2) is 22.4. The van der Waals surface area contributed by atoms with Gasteiger partial charge < -0.3 is 49.9 Å². The van der Waals surface area contributed by atoms with Crippen LogP contribution in [0.15, 0.2) is 53.9 Å². The first-order valence-corrected chi connectivity index (χ1v) is 18.9. The SMILES string of the molecule is COCCOCCOCCOCCOCCOCCOc1cc(C)c(-c2cc3c(NC4CCC(N)CC4)c(C(N)=Nc4cc(F)ccc4C)cnn3c2)cn1. The lowest BCUT2D eigenvalue weighted by Gasteiger charge is -2.28. The second-order valence-corrected chi connectivity index (χ2v) is 13.4. The van der Waals surface area contributed by atoms with E-state index in [1.54, 1.807) is 25.6 Å². The first-order chi connectivity index (χ1) is 26.8. The van der Waals surface area contributed by atoms with Crippen molar-refractivity contribution in [3.8, 4) is 17.0 Å². The third-order valence-electron chi connectivity index (χ3n) is 9.24. The fourth-order valence-electron chi connectivity index (χ4n) is 6.15. The molecule has 1 aliphatic rings. The Kier molecular flexibility index (Phi) is 17.0. The highest BCUT2D eigenvalue weighted by Crippen LogP contribution is 2.33. The van der Waals surface area contributed by atoms with Gasteiger partial charge >= 0.3 is 0 Å². The largest absolute Gasteiger partial charge is 0.475 e. The molecule has 0 amide bonds. The zero-order valence-corrected chi connectivity index (χ0v) is 32.3. The minimum Gasteiger partial charge on any atom is -0.475 e. The second-order valence-electron chi connectivity index (χ2n) is 13.4. The maximum Gasteiger partial charge on any atom is 0.213 e. The predicted molar refractivity (Wildman–Crippen MR) is 210 cm³/mol. The van der Waals surface area contributed by atoms with Gasteiger partial charge in [-0.3, -0.25) is 0 Å². The number of hydrogen-bond acceptors (Lipinski definition) is 12. The molecule has 0 unspecified atom stereocenters. The molecule has 14 nitrogen and oxygen atoms in total. The molecule has 1 aliphatic carbocycles. The Hall–Kier alpha value is -4.22. The molecule has 5 N–H and O–H groups in total. The monoisotopic (exact) mass is 765 g/mol. The number of aliphatic imine (C=N–C) groups is 1. The number of halogens is 1. The smallest absolute Gasteiger partial charge is 0.213 e. The zero-order valence-electron chi connectivity index (χ0n) is 32.3. The zero-order chi connectivity index (χ0) is 38.8. The Morgan fingerprint density at radius 3 is 2.05 bits per heavy atom. The molecule has 55 heavy (non-hydrogen) atoms. The van der Waals surface area contributed by atoms with Crippen molar-refractivity contribution in [2.24, 2.45) is 16.5 Å². The van der Waals surface area contributed by atoms with E-state index in [1.807, 2.05) is 30.6 Å². The van der Waals surface area contributed by atoms with E-state index in [0.717, 1.165) is 59.1 Å². The van der Waals surface area contributed by atoms with Gasteiger partial charge in [-0.25, -0.2) is 18.9 Å². The summed E-state index contributed by atoms with van der Waals surface area (Å²) < 4.78 is 54.2. The van der Waals surface area contributed by atoms with Gasteiger partial charge in [-0.1, -0.05) is 6.07 Å². The van der Waals surface area contributed by atoms with Crippen molar-refractivity contribution in [1.82, 2.24) is 14.6 Å². The molecule has 15 heteroatoms. The molecule has 0 spiro atoms. The van der Waals surface area contributed by atoms with Crippen LogP contribution in [-0.2, 0) is 28.4 Å². The van der Waals surface area contributed by atoms with E-state index >= 15 is 0 Å². The van der Waals surface area contributed by atoms with Crippen molar-refractivity contribution in [3.05, 3.63) is 71.4 Å². The van der Waals surface area contributed by atoms with Crippen LogP contribution >= 0.6 is 0 Å². The van der Waals surface area contributed by atoms with Gasteiger partial charge in [-0.05, 0) is 68.9 Å². The highest BCUT2D eigenvalue weighted by Gasteiger charge is 2.23. The third kappa shape index (κ3) is 13.2. The van der Waals surface area contributed by atoms with Crippen LogP contribution in [0.3, 0.4) is 0 Å². The molecule has 5 rings (SSSR count). The van der Waals surface area contributed by atoms with Crippen molar-refractivity contribution in [2.45, 2.75) is 51.6 Å². The van der Waals surface area contributed by atoms with Crippen LogP contribution in [0.4, 0.5) is 15.8 Å². The number of rotatable bonds is 24. The number of benzene rings is 1. The summed E-state index contributed by atoms with van der Waals surface area (Å²) in [4.78, 5) is 9.19. The quantitative estimate of drug-likeness (QED) is 0.0498. The van der Waals surface area contributed by atoms with Gasteiger partial charge in [-0.2, -0.15) is 5.10 Å². The highest BCUT2D eigenvalue weighted by atomic mass is 19.1. The number of methoxy groups -OCH3 is 1. The minimum absolute atomic E-state index is 0.210. The Morgan fingerprint density at radius 1 is 0.818 bits per heavy atom. The molecule has 3 aromatic heterocycles. The highest BCUT2D eigenvalue weighted by molar-refractivity contribution is 6.06. The summed E-state index contributed by atoms with van der Waals surface area (Å²) in [6, 6.07) is 8.89. The van der Waals surface area contributed by atoms with Gasteiger partial charge in [-0.15, -0.1) is 0 Å². The summed E-state index contributed by atoms with van der Waals surface area (Å²) in [6.07, 6.45) is 9.23. The summed E-state index contributed by atoms with van der Waals surface area (Å²) in [6.45, 7) is 9.78. The molecular formula is C40H56FN7O7. The third-order valence-corrected chi connectivity index (χ3v) is 9.24. The maximum atomic E-state index is 14.1. The van der Waals surface area contributed by atoms with E-state index in [-0.39, 0.29) is 23.7 Å². The summed E-state index contributed by atoms with van der Waals surface area (Å²) >= 11 is 0. The van der Waals surface area contributed by atoms with E-state index in [1.165, 1.54) is 12.1 Å². The summed E-state index contributed by atoms with van der Waals surface area (Å²) in [5.74, 6) is 0.387. The van der Waals surface area contributed by atoms with Crippen LogP contribution < -0.4 is 21.5 Å². The summed E-state index contributed by atoms with van der Waals surface area (Å²) in [5.41, 5.74) is 19.3. The van der Waals surface area contributed by atoms with Gasteiger partial charge in [0.15, 0.2) is 0 Å². The Labute approximate surface area is 322 Å². The maximum absolute atomic E-state index is 14.1. The van der Waals surface area contributed by atoms with Crippen molar-refractivity contribution >= 4 is 22.7 Å². The molecule has 0 bridgehead atoms. The van der Waals surface area contributed by atoms with Crippen LogP contribution in [-0.4, -0.2) is 119 Å². The van der Waals surface area contributed by atoms with Gasteiger partial charge in [0, 0.05) is 48.8 Å². The molecule has 1 aromatic carbocycles. The normalized spacial score (nSPS) is 16.2. The average Bonchev–Trinajstić information content (AvgIpc) is 3.61. The fraction of sp³-hybridized carbons (Fsp3) is 0.525. The number of amidine groups is 1. The van der Waals surface area contributed by atoms with Crippen LogP contribution in [0, 0.1) is 19.7 Å². The van der Waals surface area contributed by atoms with Crippen LogP contribution in [0.1, 0.15) is 42.4 Å². The number of nitrogens with zero attached hydrogens (tertiary/aromatic N) is 4. The van der Waals surface area contributed by atoms with Gasteiger partial charge in [0.1, 0.15) is 18.3 Å². The van der Waals surface area contributed by atoms with Crippen molar-refractivity contribution < 1.29 is 37.5 Å². The minimum atomic E-state index is -0.373. The topological polar surface area (TPSA) is 171 Å². The Balaban J connectivity index is 1.10. The molecule has 3 heterocycles. The standard InChI is InChI=1S/C40H56FN7O7/c1-28-4-5-31(41)24-36(28)47-40(43)35-26-45-48-27-30(23-37(48)39(35)46-33-8-6-32(42)7-9-33)34-25-44-38(22-29(34)2)55-21-20-54-19-18-53-17-16-52-15-14-51-13-12-50-11-10-49-3/h4-5,22-27,32-33,46H,6-21,42H2,1-3H3,(H2,43,47). The molecule has 1 fully saturated rings. The number of ether oxygens (including phenoxy) is 7. The van der Waals surface area contributed by atoms with E-state index in [2.05, 4.69) is 21.4 Å². The van der Waals surface area contributed by atoms with Gasteiger partial charge in [0.05, 0.1) is 101 Å². The molecule has 0 aliphatic heterocycles. The van der Waals surface area contributed by atoms with Crippen molar-refractivity contribution in [2.75, 3.05) is 91.7 Å². The Morgan fingerprint density at radius 2 is 1.44 bits per heavy atom. The number of aryl methyl sites for hydroxylation is 2. The molecule has 4 aromatic rings. The van der Waals surface area contributed by atoms with E-state index < -0.39 is 0 Å². The van der Waals surface area contributed by atoms with Gasteiger partial charge in [0.25, 0.3) is 0 Å². The lowest BCUT2D eigenvalue weighted by atomic mass is 9.91. The number of aromatic nitrogens is 3. The van der Waals surface area contributed by atoms with E-state index in [0.29, 0.717) is 96.4 Å². The molecule has 0 saturated heterocycles. The number of hydrogen-bond donors (Lipinski definition) is 3. The van der Waals surface area contributed by atoms with Crippen LogP contribution in [0.2, 0.25) is 0 Å². The molecule has 1 saturated carbocycles. The van der Waals surface area contributed by atoms with Crippen LogP contribution in [0.5, 0.6) is 5.88 Å². The number of anilines is 1. The number of nitrogens with two attached hydrogens (primary N) is 2. The summed E-state index contributed by atoms with van der Waals surface area (Å²) in [7, 11) is 1.64. The fourth-order valence-corrected chi connectivity index (χ4v) is 6.15. The molecular weight excluding hydrogens is 709 g/mol. The number of nitrogens with one attached hydrogen (secondary N) is 1. The summed E-state index contributed by atoms with van der Waals surface area (Å²) in [5, 5.41) is 8.43. The lowest BCUT2D eigenvalue weighted by Crippen LogP contribution is -2.33. The predicted octanol–water partition coefficient (Wildman–Crippen LogP) is 4.98. The van der Waals surface area contributed by atoms with E-state index in [9.17, 15) is 4.39 Å². The van der Waals surface area contributed by atoms with Crippen LogP contribution in [0.25, 0.3) is 16.6 Å². The van der Waals surface area contributed by atoms with Gasteiger partial charge in [0.2, 0.25) is 5.88 Å². The van der Waals surface area contributed by atoms with Crippen molar-refractivity contribution in [3.63, 3.8) is 0 Å². The molecule has 0 radical (unpaired) electrons. The van der Waals surface area contributed by atoms with Crippen molar-refractivity contribution in [1.29, 1.82) is 0 Å². The average molecular weight is 766 g/mol. The molecule has 300 valence electrons. The first kappa shape index (κ1) is 41.9. The Bertz CT molecular complexity index is 1800. The first-order valence-electron chi connectivity index (χ1n) is 18.9. The number of fused-ring (bicyclic) bond motifs is 1. The lowest BCUT2D eigenvalue weighted by molar-refractivity contribution is -0.0159.